The summed E-state index contributed by atoms with van der Waals surface area (Å²) in [6, 6.07) is 9.44. The van der Waals surface area contributed by atoms with Crippen LogP contribution in [0.25, 0.3) is 0 Å². The molecule has 5 rings (SSSR count). The van der Waals surface area contributed by atoms with Crippen molar-refractivity contribution in [3.8, 4) is 17.2 Å². The summed E-state index contributed by atoms with van der Waals surface area (Å²) in [7, 11) is -4.22. The number of alkyl carbamates (subject to hydrolysis) is 1. The quantitative estimate of drug-likeness (QED) is 0.182. The first-order valence-electron chi connectivity index (χ1n) is 15.4. The molecule has 2 saturated heterocycles. The number of rotatable bonds is 14. The third-order valence-corrected chi connectivity index (χ3v) is 10.6. The number of thiazole rings is 1. The molecule has 5 atom stereocenters. The lowest BCUT2D eigenvalue weighted by molar-refractivity contribution is -0.0907. The molecule has 2 aromatic carbocycles. The lowest BCUT2D eigenvalue weighted by Gasteiger charge is -2.31. The van der Waals surface area contributed by atoms with Crippen molar-refractivity contribution in [2.45, 2.75) is 69.7 Å². The Kier molecular flexibility index (Phi) is 11.3. The number of benzene rings is 2. The van der Waals surface area contributed by atoms with Crippen molar-refractivity contribution in [2.24, 2.45) is 11.8 Å². The average Bonchev–Trinajstić information content (AvgIpc) is 3.76. The zero-order chi connectivity index (χ0) is 33.7. The van der Waals surface area contributed by atoms with E-state index in [2.05, 4.69) is 10.3 Å². The third-order valence-electron chi connectivity index (χ3n) is 7.99. The van der Waals surface area contributed by atoms with Gasteiger partial charge in [-0.15, -0.1) is 11.3 Å². The second kappa shape index (κ2) is 15.2. The zero-order valence-electron chi connectivity index (χ0n) is 26.4. The number of phenolic OH excluding ortho intramolecular Hbond substituents is 2. The highest BCUT2D eigenvalue weighted by Gasteiger charge is 2.44. The van der Waals surface area contributed by atoms with E-state index in [-0.39, 0.29) is 42.8 Å². The maximum absolute atomic E-state index is 13.7. The fourth-order valence-corrected chi connectivity index (χ4v) is 7.83. The fraction of sp³-hybridized carbons (Fsp3) is 0.500. The first-order valence-corrected chi connectivity index (χ1v) is 17.7. The van der Waals surface area contributed by atoms with Crippen LogP contribution >= 0.6 is 11.3 Å². The number of amides is 1. The van der Waals surface area contributed by atoms with Crippen LogP contribution in [0.2, 0.25) is 0 Å². The maximum atomic E-state index is 13.7. The molecule has 0 aliphatic carbocycles. The molecule has 0 saturated carbocycles. The van der Waals surface area contributed by atoms with E-state index in [0.29, 0.717) is 25.4 Å². The van der Waals surface area contributed by atoms with Gasteiger partial charge in [-0.25, -0.2) is 18.2 Å². The summed E-state index contributed by atoms with van der Waals surface area (Å²) < 4.78 is 51.1. The number of nitrogens with zero attached hydrogens (tertiary/aromatic N) is 2. The summed E-state index contributed by atoms with van der Waals surface area (Å²) in [4.78, 5) is 17.3. The maximum Gasteiger partial charge on any atom is 0.407 e. The van der Waals surface area contributed by atoms with Gasteiger partial charge in [0, 0.05) is 24.5 Å². The van der Waals surface area contributed by atoms with Gasteiger partial charge in [0.2, 0.25) is 10.0 Å². The van der Waals surface area contributed by atoms with Crippen molar-refractivity contribution in [1.29, 1.82) is 0 Å². The Labute approximate surface area is 278 Å². The van der Waals surface area contributed by atoms with Crippen molar-refractivity contribution in [3.63, 3.8) is 0 Å². The molecule has 1 aromatic heterocycles. The first-order chi connectivity index (χ1) is 22.4. The topological polar surface area (TPSA) is 177 Å². The zero-order valence-corrected chi connectivity index (χ0v) is 28.1. The number of aryl methyl sites for hydroxylation is 1. The molecular formula is C32H41N3O10S2. The van der Waals surface area contributed by atoms with Crippen molar-refractivity contribution in [3.05, 3.63) is 64.1 Å². The summed E-state index contributed by atoms with van der Waals surface area (Å²) >= 11 is 1.54. The van der Waals surface area contributed by atoms with Crippen LogP contribution in [-0.4, -0.2) is 90.0 Å². The van der Waals surface area contributed by atoms with Crippen molar-refractivity contribution < 1.29 is 47.5 Å². The van der Waals surface area contributed by atoms with Crippen LogP contribution in [0.1, 0.15) is 36.5 Å². The molecule has 47 heavy (non-hydrogen) atoms. The van der Waals surface area contributed by atoms with Gasteiger partial charge in [-0.2, -0.15) is 4.31 Å². The summed E-state index contributed by atoms with van der Waals surface area (Å²) in [5.41, 5.74) is 1.58. The van der Waals surface area contributed by atoms with Crippen LogP contribution in [0.15, 0.2) is 52.7 Å². The van der Waals surface area contributed by atoms with Gasteiger partial charge < -0.3 is 39.6 Å². The number of phenols is 2. The molecule has 2 fully saturated rings. The van der Waals surface area contributed by atoms with E-state index in [1.807, 2.05) is 38.3 Å². The molecule has 0 bridgehead atoms. The van der Waals surface area contributed by atoms with Crippen molar-refractivity contribution in [1.82, 2.24) is 14.6 Å². The molecule has 4 N–H and O–H groups in total. The number of aliphatic hydroxyl groups excluding tert-OH is 1. The predicted molar refractivity (Wildman–Crippen MR) is 172 cm³/mol. The van der Waals surface area contributed by atoms with Crippen LogP contribution < -0.4 is 10.1 Å². The molecule has 256 valence electrons. The van der Waals surface area contributed by atoms with Crippen LogP contribution in [0, 0.1) is 18.8 Å². The molecule has 0 radical (unpaired) electrons. The minimum atomic E-state index is -4.22. The first kappa shape index (κ1) is 34.9. The van der Waals surface area contributed by atoms with Crippen molar-refractivity contribution in [2.75, 3.05) is 26.3 Å². The van der Waals surface area contributed by atoms with Gasteiger partial charge in [0.25, 0.3) is 0 Å². The van der Waals surface area contributed by atoms with E-state index < -0.39 is 52.2 Å². The summed E-state index contributed by atoms with van der Waals surface area (Å²) in [6.45, 7) is 6.29. The number of hydrogen-bond acceptors (Lipinski definition) is 12. The Bertz CT molecular complexity index is 1620. The van der Waals surface area contributed by atoms with E-state index in [0.717, 1.165) is 32.7 Å². The van der Waals surface area contributed by atoms with Crippen LogP contribution in [0.5, 0.6) is 17.2 Å². The number of sulfonamides is 1. The fourth-order valence-electron chi connectivity index (χ4n) is 5.59. The summed E-state index contributed by atoms with van der Waals surface area (Å²) in [5, 5.41) is 36.9. The van der Waals surface area contributed by atoms with Crippen molar-refractivity contribution >= 4 is 27.5 Å². The molecule has 5 unspecified atom stereocenters. The number of nitrogens with one attached hydrogen (secondary N) is 1. The van der Waals surface area contributed by atoms with Gasteiger partial charge >= 0.3 is 6.09 Å². The van der Waals surface area contributed by atoms with E-state index in [9.17, 15) is 28.5 Å². The molecule has 0 spiro atoms. The van der Waals surface area contributed by atoms with E-state index in [1.165, 1.54) is 6.07 Å². The third kappa shape index (κ3) is 8.91. The summed E-state index contributed by atoms with van der Waals surface area (Å²) in [5.74, 6) is -0.634. The van der Waals surface area contributed by atoms with E-state index in [1.54, 1.807) is 23.5 Å². The SMILES string of the molecule is Cc1nc(COc2ccc(CC(NC(=O)OC3COC4OCCC34)C(O)CN(CC(C)C)S(=O)(=O)c3ccc(O)c(O)c3)cc2)cs1. The van der Waals surface area contributed by atoms with Gasteiger partial charge in [-0.3, -0.25) is 0 Å². The highest BCUT2D eigenvalue weighted by Crippen LogP contribution is 2.33. The number of hydrogen-bond donors (Lipinski definition) is 4. The molecule has 2 aliphatic heterocycles. The summed E-state index contributed by atoms with van der Waals surface area (Å²) in [6.07, 6.45) is -2.22. The van der Waals surface area contributed by atoms with Gasteiger partial charge in [-0.1, -0.05) is 26.0 Å². The highest BCUT2D eigenvalue weighted by atomic mass is 32.2. The number of carbonyl (C=O) groups excluding carboxylic acids is 1. The number of aliphatic hydroxyl groups is 1. The molecule has 15 heteroatoms. The van der Waals surface area contributed by atoms with Gasteiger partial charge in [0.15, 0.2) is 17.8 Å². The largest absolute Gasteiger partial charge is 0.504 e. The Morgan fingerprint density at radius 1 is 1.13 bits per heavy atom. The Hall–Kier alpha value is -3.47. The minimum absolute atomic E-state index is 0.0469. The Balaban J connectivity index is 1.32. The van der Waals surface area contributed by atoms with Gasteiger partial charge in [0.1, 0.15) is 18.5 Å². The van der Waals surface area contributed by atoms with Gasteiger partial charge in [0.05, 0.1) is 46.9 Å². The second-order valence-electron chi connectivity index (χ2n) is 12.1. The van der Waals surface area contributed by atoms with Crippen LogP contribution in [-0.2, 0) is 37.3 Å². The van der Waals surface area contributed by atoms with Crippen LogP contribution in [0.4, 0.5) is 4.79 Å². The van der Waals surface area contributed by atoms with Crippen LogP contribution in [0.3, 0.4) is 0 Å². The molecule has 2 aliphatic rings. The molecule has 3 aromatic rings. The average molecular weight is 692 g/mol. The number of aromatic hydroxyl groups is 2. The Morgan fingerprint density at radius 3 is 2.57 bits per heavy atom. The second-order valence-corrected chi connectivity index (χ2v) is 15.1. The lowest BCUT2D eigenvalue weighted by atomic mass is 10.0. The van der Waals surface area contributed by atoms with Gasteiger partial charge in [-0.05, 0) is 55.5 Å². The Morgan fingerprint density at radius 2 is 1.89 bits per heavy atom. The molecule has 1 amide bonds. The monoisotopic (exact) mass is 691 g/mol. The standard InChI is InChI=1S/C32H41N3O10S2/c1-19(2)14-35(47(40,41)24-8-9-27(36)28(37)13-24)15-29(38)26(34-32(39)45-30-17-44-31-25(30)10-11-42-31)12-21-4-6-23(7-5-21)43-16-22-18-46-20(3)33-22/h4-9,13,18-19,25-26,29-31,36-38H,10-12,14-17H2,1-3H3,(H,34,39). The lowest BCUT2D eigenvalue weighted by Crippen LogP contribution is -2.51. The predicted octanol–water partition coefficient (Wildman–Crippen LogP) is 3.55. The highest BCUT2D eigenvalue weighted by molar-refractivity contribution is 7.89. The minimum Gasteiger partial charge on any atom is -0.504 e. The number of aromatic nitrogens is 1. The molecule has 3 heterocycles. The van der Waals surface area contributed by atoms with E-state index in [4.69, 9.17) is 18.9 Å². The molecule has 13 nitrogen and oxygen atoms in total. The molecular weight excluding hydrogens is 650 g/mol. The number of ether oxygens (including phenoxy) is 4. The number of carbonyl (C=O) groups is 1. The normalized spacial score (nSPS) is 20.7. The van der Waals surface area contributed by atoms with E-state index >= 15 is 0 Å². The smallest absolute Gasteiger partial charge is 0.407 e. The number of fused-ring (bicyclic) bond motifs is 1.